The van der Waals surface area contributed by atoms with Crippen LogP contribution in [0.1, 0.15) is 37.9 Å². The molecule has 6 nitrogen and oxygen atoms in total. The molecule has 1 aromatic heterocycles. The highest BCUT2D eigenvalue weighted by atomic mass is 16.2. The van der Waals surface area contributed by atoms with Gasteiger partial charge < -0.3 is 5.32 Å². The number of nitrogens with zero attached hydrogens (tertiary/aromatic N) is 4. The molecule has 1 heterocycles. The molecule has 0 fully saturated rings. The summed E-state index contributed by atoms with van der Waals surface area (Å²) in [4.78, 5) is 11.9. The van der Waals surface area contributed by atoms with Crippen LogP contribution in [0.2, 0.25) is 0 Å². The van der Waals surface area contributed by atoms with Gasteiger partial charge in [0.05, 0.1) is 6.04 Å². The molecule has 1 aromatic carbocycles. The van der Waals surface area contributed by atoms with Gasteiger partial charge in [0, 0.05) is 0 Å². The number of carbonyl (C=O) groups excluding carboxylic acids is 1. The molecule has 2 rings (SSSR count). The lowest BCUT2D eigenvalue weighted by Gasteiger charge is -2.15. The Morgan fingerprint density at radius 3 is 2.52 bits per heavy atom. The van der Waals surface area contributed by atoms with E-state index in [-0.39, 0.29) is 18.5 Å². The van der Waals surface area contributed by atoms with Crippen LogP contribution in [0.4, 0.5) is 0 Å². The Morgan fingerprint density at radius 2 is 1.95 bits per heavy atom. The number of rotatable bonds is 6. The molecule has 1 unspecified atom stereocenters. The van der Waals surface area contributed by atoms with Gasteiger partial charge in [-0.3, -0.25) is 4.79 Å². The Hall–Kier alpha value is -2.24. The fraction of sp³-hybridized carbons (Fsp3) is 0.467. The van der Waals surface area contributed by atoms with E-state index in [0.29, 0.717) is 5.92 Å². The van der Waals surface area contributed by atoms with Gasteiger partial charge in [-0.25, -0.2) is 4.68 Å². The van der Waals surface area contributed by atoms with Crippen LogP contribution in [0.15, 0.2) is 30.6 Å². The van der Waals surface area contributed by atoms with Crippen LogP contribution in [-0.4, -0.2) is 26.1 Å². The van der Waals surface area contributed by atoms with Crippen molar-refractivity contribution >= 4 is 5.91 Å². The van der Waals surface area contributed by atoms with Gasteiger partial charge in [0.15, 0.2) is 0 Å². The van der Waals surface area contributed by atoms with Gasteiger partial charge in [0.2, 0.25) is 5.91 Å². The number of amides is 1. The molecule has 112 valence electrons. The summed E-state index contributed by atoms with van der Waals surface area (Å²) in [6.45, 7) is 6.50. The molecule has 6 heteroatoms. The molecule has 0 saturated carbocycles. The zero-order valence-electron chi connectivity index (χ0n) is 12.7. The summed E-state index contributed by atoms with van der Waals surface area (Å²) in [7, 11) is 0. The molecule has 0 bridgehead atoms. The number of hydrogen-bond donors (Lipinski definition) is 1. The van der Waals surface area contributed by atoms with E-state index in [4.69, 9.17) is 0 Å². The van der Waals surface area contributed by atoms with Crippen LogP contribution >= 0.6 is 0 Å². The summed E-state index contributed by atoms with van der Waals surface area (Å²) in [5.41, 5.74) is 2.41. The third-order valence-electron chi connectivity index (χ3n) is 3.20. The van der Waals surface area contributed by atoms with Crippen LogP contribution in [-0.2, 0) is 17.8 Å². The highest BCUT2D eigenvalue weighted by Crippen LogP contribution is 2.15. The van der Waals surface area contributed by atoms with E-state index >= 15 is 0 Å². The monoisotopic (exact) mass is 287 g/mol. The van der Waals surface area contributed by atoms with Gasteiger partial charge >= 0.3 is 0 Å². The van der Waals surface area contributed by atoms with Crippen molar-refractivity contribution in [3.8, 4) is 0 Å². The molecule has 0 saturated heterocycles. The number of aromatic nitrogens is 4. The minimum Gasteiger partial charge on any atom is -0.348 e. The summed E-state index contributed by atoms with van der Waals surface area (Å²) < 4.78 is 1.40. The van der Waals surface area contributed by atoms with Crippen molar-refractivity contribution in [3.05, 3.63) is 41.7 Å². The van der Waals surface area contributed by atoms with E-state index in [1.165, 1.54) is 16.6 Å². The Bertz CT molecular complexity index is 562. The fourth-order valence-electron chi connectivity index (χ4n) is 2.18. The maximum absolute atomic E-state index is 11.9. The van der Waals surface area contributed by atoms with Crippen molar-refractivity contribution in [1.29, 1.82) is 0 Å². The second-order valence-electron chi connectivity index (χ2n) is 5.64. The van der Waals surface area contributed by atoms with E-state index in [1.807, 2.05) is 6.92 Å². The molecule has 1 amide bonds. The number of tetrazole rings is 1. The second-order valence-corrected chi connectivity index (χ2v) is 5.64. The first-order valence-corrected chi connectivity index (χ1v) is 7.13. The SMILES string of the molecule is CC(C)Cc1ccc(C(C)NC(=O)Cn2cnnn2)cc1. The van der Waals surface area contributed by atoms with E-state index in [9.17, 15) is 4.79 Å². The smallest absolute Gasteiger partial charge is 0.242 e. The van der Waals surface area contributed by atoms with Crippen molar-refractivity contribution < 1.29 is 4.79 Å². The van der Waals surface area contributed by atoms with Gasteiger partial charge in [-0.1, -0.05) is 38.1 Å². The first-order valence-electron chi connectivity index (χ1n) is 7.13. The zero-order chi connectivity index (χ0) is 15.2. The number of hydrogen-bond acceptors (Lipinski definition) is 4. The van der Waals surface area contributed by atoms with Crippen molar-refractivity contribution in [3.63, 3.8) is 0 Å². The van der Waals surface area contributed by atoms with Crippen molar-refractivity contribution in [1.82, 2.24) is 25.5 Å². The number of benzene rings is 1. The average Bonchev–Trinajstić information content (AvgIpc) is 2.91. The molecule has 0 radical (unpaired) electrons. The van der Waals surface area contributed by atoms with E-state index < -0.39 is 0 Å². The van der Waals surface area contributed by atoms with Crippen molar-refractivity contribution in [2.45, 2.75) is 39.8 Å². The predicted octanol–water partition coefficient (Wildman–Crippen LogP) is 1.75. The average molecular weight is 287 g/mol. The first-order chi connectivity index (χ1) is 10.0. The zero-order valence-corrected chi connectivity index (χ0v) is 12.7. The standard InChI is InChI=1S/C15H21N5O/c1-11(2)8-13-4-6-14(7-5-13)12(3)17-15(21)9-20-10-16-18-19-20/h4-7,10-12H,8-9H2,1-3H3,(H,17,21). The number of carbonyl (C=O) groups is 1. The molecule has 0 aliphatic rings. The second kappa shape index (κ2) is 6.97. The topological polar surface area (TPSA) is 72.7 Å². The van der Waals surface area contributed by atoms with Crippen LogP contribution in [0, 0.1) is 5.92 Å². The van der Waals surface area contributed by atoms with Crippen LogP contribution in [0.25, 0.3) is 0 Å². The van der Waals surface area contributed by atoms with E-state index in [0.717, 1.165) is 12.0 Å². The lowest BCUT2D eigenvalue weighted by atomic mass is 10.00. The normalized spacial score (nSPS) is 12.4. The van der Waals surface area contributed by atoms with Gasteiger partial charge in [-0.05, 0) is 40.8 Å². The lowest BCUT2D eigenvalue weighted by molar-refractivity contribution is -0.122. The van der Waals surface area contributed by atoms with Gasteiger partial charge in [0.1, 0.15) is 12.9 Å². The molecule has 0 spiro atoms. The minimum absolute atomic E-state index is 0.0397. The maximum Gasteiger partial charge on any atom is 0.242 e. The molecule has 0 aliphatic heterocycles. The van der Waals surface area contributed by atoms with Crippen LogP contribution < -0.4 is 5.32 Å². The fourth-order valence-corrected chi connectivity index (χ4v) is 2.18. The minimum atomic E-state index is -0.110. The molecular formula is C15H21N5O. The van der Waals surface area contributed by atoms with Crippen molar-refractivity contribution in [2.24, 2.45) is 5.92 Å². The summed E-state index contributed by atoms with van der Waals surface area (Å²) in [5, 5.41) is 13.6. The molecule has 1 atom stereocenters. The molecule has 21 heavy (non-hydrogen) atoms. The largest absolute Gasteiger partial charge is 0.348 e. The third kappa shape index (κ3) is 4.66. The number of nitrogens with one attached hydrogen (secondary N) is 1. The summed E-state index contributed by atoms with van der Waals surface area (Å²) in [5.74, 6) is 0.533. The van der Waals surface area contributed by atoms with Gasteiger partial charge in [-0.2, -0.15) is 0 Å². The molecule has 1 N–H and O–H groups in total. The maximum atomic E-state index is 11.9. The Balaban J connectivity index is 1.90. The Morgan fingerprint density at radius 1 is 1.24 bits per heavy atom. The summed E-state index contributed by atoms with van der Waals surface area (Å²) in [6.07, 6.45) is 2.49. The summed E-state index contributed by atoms with van der Waals surface area (Å²) >= 11 is 0. The highest BCUT2D eigenvalue weighted by Gasteiger charge is 2.10. The lowest BCUT2D eigenvalue weighted by Crippen LogP contribution is -2.30. The first kappa shape index (κ1) is 15.2. The molecular weight excluding hydrogens is 266 g/mol. The van der Waals surface area contributed by atoms with Crippen LogP contribution in [0.5, 0.6) is 0 Å². The summed E-state index contributed by atoms with van der Waals surface area (Å²) in [6, 6.07) is 8.35. The Labute approximate surface area is 124 Å². The third-order valence-corrected chi connectivity index (χ3v) is 3.20. The Kier molecular flexibility index (Phi) is 5.03. The van der Waals surface area contributed by atoms with E-state index in [2.05, 4.69) is 59.0 Å². The van der Waals surface area contributed by atoms with Gasteiger partial charge in [-0.15, -0.1) is 5.10 Å². The quantitative estimate of drug-likeness (QED) is 0.878. The highest BCUT2D eigenvalue weighted by molar-refractivity contribution is 5.76. The predicted molar refractivity (Wildman–Crippen MR) is 79.4 cm³/mol. The molecule has 0 aliphatic carbocycles. The van der Waals surface area contributed by atoms with Crippen molar-refractivity contribution in [2.75, 3.05) is 0 Å². The van der Waals surface area contributed by atoms with E-state index in [1.54, 1.807) is 0 Å². The molecule has 2 aromatic rings. The van der Waals surface area contributed by atoms with Gasteiger partial charge in [0.25, 0.3) is 0 Å². The van der Waals surface area contributed by atoms with Crippen LogP contribution in [0.3, 0.4) is 0 Å².